The monoisotopic (exact) mass is 273 g/mol. The van der Waals surface area contributed by atoms with Crippen molar-refractivity contribution in [1.29, 1.82) is 0 Å². The minimum Gasteiger partial charge on any atom is -0.386 e. The lowest BCUT2D eigenvalue weighted by Crippen LogP contribution is -2.34. The van der Waals surface area contributed by atoms with Crippen LogP contribution >= 0.6 is 0 Å². The largest absolute Gasteiger partial charge is 0.386 e. The maximum Gasteiger partial charge on any atom is 0.136 e. The number of pyridine rings is 1. The van der Waals surface area contributed by atoms with Gasteiger partial charge in [-0.15, -0.1) is 0 Å². The molecule has 1 aromatic heterocycles. The standard InChI is InChI=1S/C16H20FN3/c1-11-4-3-7-20(10-11)16-14-8-12(17)5-6-13(14)15(18-2)9-19-16/h5-6,8-9,11,18H,3-4,7,10H2,1-2H3. The van der Waals surface area contributed by atoms with Crippen molar-refractivity contribution in [2.45, 2.75) is 19.8 Å². The average Bonchev–Trinajstić information content (AvgIpc) is 2.45. The number of benzene rings is 1. The van der Waals surface area contributed by atoms with E-state index in [2.05, 4.69) is 22.1 Å². The summed E-state index contributed by atoms with van der Waals surface area (Å²) in [6.45, 7) is 4.26. The molecule has 20 heavy (non-hydrogen) atoms. The lowest BCUT2D eigenvalue weighted by Gasteiger charge is -2.32. The smallest absolute Gasteiger partial charge is 0.136 e. The maximum atomic E-state index is 13.6. The molecule has 3 rings (SSSR count). The molecule has 0 amide bonds. The van der Waals surface area contributed by atoms with Gasteiger partial charge in [0, 0.05) is 30.9 Å². The third-order valence-electron chi connectivity index (χ3n) is 4.05. The molecule has 3 nitrogen and oxygen atoms in total. The third-order valence-corrected chi connectivity index (χ3v) is 4.05. The molecule has 1 aliphatic heterocycles. The fraction of sp³-hybridized carbons (Fsp3) is 0.438. The van der Waals surface area contributed by atoms with E-state index in [1.807, 2.05) is 19.3 Å². The molecule has 1 aromatic carbocycles. The Morgan fingerprint density at radius 2 is 2.20 bits per heavy atom. The minimum absolute atomic E-state index is 0.209. The van der Waals surface area contributed by atoms with Gasteiger partial charge >= 0.3 is 0 Å². The van der Waals surface area contributed by atoms with Gasteiger partial charge in [0.1, 0.15) is 11.6 Å². The molecule has 1 N–H and O–H groups in total. The van der Waals surface area contributed by atoms with Crippen LogP contribution in [0.5, 0.6) is 0 Å². The molecule has 1 unspecified atom stereocenters. The molecule has 2 aromatic rings. The predicted molar refractivity (Wildman–Crippen MR) is 81.9 cm³/mol. The Morgan fingerprint density at radius 3 is 2.95 bits per heavy atom. The number of anilines is 2. The summed E-state index contributed by atoms with van der Waals surface area (Å²) in [6, 6.07) is 4.93. The zero-order valence-corrected chi connectivity index (χ0v) is 12.0. The molecule has 0 radical (unpaired) electrons. The topological polar surface area (TPSA) is 28.2 Å². The molecule has 0 saturated carbocycles. The van der Waals surface area contributed by atoms with Gasteiger partial charge in [0.2, 0.25) is 0 Å². The van der Waals surface area contributed by atoms with Crippen LogP contribution in [0.25, 0.3) is 10.8 Å². The molecule has 1 fully saturated rings. The number of hydrogen-bond acceptors (Lipinski definition) is 3. The fourth-order valence-corrected chi connectivity index (χ4v) is 3.03. The molecular weight excluding hydrogens is 253 g/mol. The number of piperidine rings is 1. The first-order valence-corrected chi connectivity index (χ1v) is 7.20. The molecule has 1 aliphatic rings. The maximum absolute atomic E-state index is 13.6. The molecule has 1 saturated heterocycles. The van der Waals surface area contributed by atoms with Gasteiger partial charge in [-0.1, -0.05) is 6.92 Å². The van der Waals surface area contributed by atoms with Gasteiger partial charge in [0.05, 0.1) is 11.9 Å². The van der Waals surface area contributed by atoms with Gasteiger partial charge in [-0.05, 0) is 37.0 Å². The number of fused-ring (bicyclic) bond motifs is 1. The molecule has 0 bridgehead atoms. The Kier molecular flexibility index (Phi) is 3.47. The first-order chi connectivity index (χ1) is 9.69. The van der Waals surface area contributed by atoms with Crippen LogP contribution in [0.15, 0.2) is 24.4 Å². The van der Waals surface area contributed by atoms with E-state index in [0.29, 0.717) is 5.92 Å². The Hall–Kier alpha value is -1.84. The zero-order chi connectivity index (χ0) is 14.1. The average molecular weight is 273 g/mol. The third kappa shape index (κ3) is 2.30. The van der Waals surface area contributed by atoms with Gasteiger partial charge < -0.3 is 10.2 Å². The van der Waals surface area contributed by atoms with Gasteiger partial charge in [-0.3, -0.25) is 0 Å². The number of aromatic nitrogens is 1. The van der Waals surface area contributed by atoms with Crippen LogP contribution in [-0.4, -0.2) is 25.1 Å². The quantitative estimate of drug-likeness (QED) is 0.905. The SMILES string of the molecule is CNc1cnc(N2CCCC(C)C2)c2cc(F)ccc12. The lowest BCUT2D eigenvalue weighted by molar-refractivity contribution is 0.445. The van der Waals surface area contributed by atoms with E-state index in [9.17, 15) is 4.39 Å². The highest BCUT2D eigenvalue weighted by atomic mass is 19.1. The molecule has 0 spiro atoms. The first kappa shape index (κ1) is 13.2. The minimum atomic E-state index is -0.209. The number of nitrogens with zero attached hydrogens (tertiary/aromatic N) is 2. The Balaban J connectivity index is 2.13. The van der Waals surface area contributed by atoms with Crippen LogP contribution in [0.2, 0.25) is 0 Å². The lowest BCUT2D eigenvalue weighted by atomic mass is 9.99. The summed E-state index contributed by atoms with van der Waals surface area (Å²) in [7, 11) is 1.86. The normalized spacial score (nSPS) is 19.4. The fourth-order valence-electron chi connectivity index (χ4n) is 3.03. The van der Waals surface area contributed by atoms with Gasteiger partial charge in [0.15, 0.2) is 0 Å². The van der Waals surface area contributed by atoms with Gasteiger partial charge in [-0.25, -0.2) is 9.37 Å². The zero-order valence-electron chi connectivity index (χ0n) is 12.0. The molecule has 0 aliphatic carbocycles. The number of hydrogen-bond donors (Lipinski definition) is 1. The number of nitrogens with one attached hydrogen (secondary N) is 1. The van der Waals surface area contributed by atoms with E-state index < -0.39 is 0 Å². The first-order valence-electron chi connectivity index (χ1n) is 7.20. The second-order valence-corrected chi connectivity index (χ2v) is 5.63. The van der Waals surface area contributed by atoms with Crippen LogP contribution in [0.3, 0.4) is 0 Å². The predicted octanol–water partition coefficient (Wildman–Crippen LogP) is 3.65. The van der Waals surface area contributed by atoms with Crippen molar-refractivity contribution < 1.29 is 4.39 Å². The van der Waals surface area contributed by atoms with Gasteiger partial charge in [0.25, 0.3) is 0 Å². The molecule has 1 atom stereocenters. The Bertz CT molecular complexity index is 626. The molecular formula is C16H20FN3. The van der Waals surface area contributed by atoms with Crippen LogP contribution in [0.4, 0.5) is 15.9 Å². The highest BCUT2D eigenvalue weighted by molar-refractivity contribution is 6.00. The van der Waals surface area contributed by atoms with Crippen molar-refractivity contribution >= 4 is 22.3 Å². The van der Waals surface area contributed by atoms with Crippen molar-refractivity contribution in [2.75, 3.05) is 30.4 Å². The summed E-state index contributed by atoms with van der Waals surface area (Å²) in [4.78, 5) is 6.86. The summed E-state index contributed by atoms with van der Waals surface area (Å²) in [6.07, 6.45) is 4.28. The second-order valence-electron chi connectivity index (χ2n) is 5.63. The van der Waals surface area contributed by atoms with E-state index in [4.69, 9.17) is 0 Å². The molecule has 4 heteroatoms. The Morgan fingerprint density at radius 1 is 1.35 bits per heavy atom. The Labute approximate surface area is 118 Å². The van der Waals surface area contributed by atoms with E-state index >= 15 is 0 Å². The molecule has 2 heterocycles. The van der Waals surface area contributed by atoms with Crippen LogP contribution in [-0.2, 0) is 0 Å². The summed E-state index contributed by atoms with van der Waals surface area (Å²) in [5.41, 5.74) is 0.939. The highest BCUT2D eigenvalue weighted by Gasteiger charge is 2.20. The van der Waals surface area contributed by atoms with Crippen LogP contribution in [0, 0.1) is 11.7 Å². The van der Waals surface area contributed by atoms with Gasteiger partial charge in [-0.2, -0.15) is 0 Å². The van der Waals surface area contributed by atoms with Crippen molar-refractivity contribution in [1.82, 2.24) is 4.98 Å². The summed E-state index contributed by atoms with van der Waals surface area (Å²) < 4.78 is 13.6. The highest BCUT2D eigenvalue weighted by Crippen LogP contribution is 2.32. The summed E-state index contributed by atoms with van der Waals surface area (Å²) >= 11 is 0. The molecule has 106 valence electrons. The second kappa shape index (κ2) is 5.27. The summed E-state index contributed by atoms with van der Waals surface area (Å²) in [5, 5.41) is 5.04. The number of rotatable bonds is 2. The van der Waals surface area contributed by atoms with Crippen LogP contribution < -0.4 is 10.2 Å². The summed E-state index contributed by atoms with van der Waals surface area (Å²) in [5.74, 6) is 1.36. The van der Waals surface area contributed by atoms with Crippen molar-refractivity contribution in [3.05, 3.63) is 30.2 Å². The van der Waals surface area contributed by atoms with Crippen molar-refractivity contribution in [2.24, 2.45) is 5.92 Å². The van der Waals surface area contributed by atoms with E-state index in [0.717, 1.165) is 35.4 Å². The van der Waals surface area contributed by atoms with Crippen molar-refractivity contribution in [3.63, 3.8) is 0 Å². The van der Waals surface area contributed by atoms with E-state index in [1.165, 1.54) is 18.9 Å². The van der Waals surface area contributed by atoms with Crippen molar-refractivity contribution in [3.8, 4) is 0 Å². The van der Waals surface area contributed by atoms with Crippen LogP contribution in [0.1, 0.15) is 19.8 Å². The van der Waals surface area contributed by atoms with E-state index in [-0.39, 0.29) is 5.82 Å². The number of halogens is 1. The van der Waals surface area contributed by atoms with E-state index in [1.54, 1.807) is 6.07 Å².